The topological polar surface area (TPSA) is 73.2 Å². The van der Waals surface area contributed by atoms with Crippen molar-refractivity contribution in [1.82, 2.24) is 24.9 Å². The van der Waals surface area contributed by atoms with Gasteiger partial charge in [0.05, 0.1) is 28.3 Å². The fourth-order valence-corrected chi connectivity index (χ4v) is 9.56. The van der Waals surface area contributed by atoms with Gasteiger partial charge in [-0.1, -0.05) is 53.7 Å². The Balaban J connectivity index is 1.58. The zero-order chi connectivity index (χ0) is 34.1. The number of hydrogen-bond acceptors (Lipinski definition) is 2. The Morgan fingerprint density at radius 1 is 0.531 bits per heavy atom. The maximum absolute atomic E-state index is 5.47. The molecule has 3 aliphatic carbocycles. The molecule has 4 aromatic heterocycles. The monoisotopic (exact) mass is 649 g/mol. The quantitative estimate of drug-likeness (QED) is 0.182. The van der Waals surface area contributed by atoms with Crippen molar-refractivity contribution in [3.63, 3.8) is 0 Å². The van der Waals surface area contributed by atoms with E-state index < -0.39 is 0 Å². The van der Waals surface area contributed by atoms with Gasteiger partial charge >= 0.3 is 0 Å². The molecule has 0 amide bonds. The van der Waals surface area contributed by atoms with Gasteiger partial charge in [0.15, 0.2) is 0 Å². The summed E-state index contributed by atoms with van der Waals surface area (Å²) >= 11 is 0. The van der Waals surface area contributed by atoms with Crippen molar-refractivity contribution in [2.45, 2.75) is 119 Å². The van der Waals surface area contributed by atoms with Gasteiger partial charge in [0.25, 0.3) is 0 Å². The average molecular weight is 650 g/mol. The number of nitrogens with one attached hydrogen (secondary N) is 3. The van der Waals surface area contributed by atoms with E-state index in [1.165, 1.54) is 102 Å². The molecule has 5 heteroatoms. The van der Waals surface area contributed by atoms with Crippen LogP contribution in [0.15, 0.2) is 36.4 Å². The van der Waals surface area contributed by atoms with Crippen LogP contribution in [0.2, 0.25) is 0 Å². The number of H-pyrrole nitrogens is 3. The van der Waals surface area contributed by atoms with Gasteiger partial charge in [-0.3, -0.25) is 0 Å². The van der Waals surface area contributed by atoms with Crippen LogP contribution in [0.5, 0.6) is 0 Å². The molecule has 0 fully saturated rings. The molecule has 49 heavy (non-hydrogen) atoms. The van der Waals surface area contributed by atoms with E-state index in [1.807, 2.05) is 0 Å². The van der Waals surface area contributed by atoms with Crippen molar-refractivity contribution < 1.29 is 0 Å². The van der Waals surface area contributed by atoms with E-state index in [0.29, 0.717) is 11.8 Å². The van der Waals surface area contributed by atoms with E-state index >= 15 is 0 Å². The summed E-state index contributed by atoms with van der Waals surface area (Å²) in [4.78, 5) is 22.7. The number of rotatable bonds is 6. The highest BCUT2D eigenvalue weighted by Crippen LogP contribution is 2.49. The van der Waals surface area contributed by atoms with Gasteiger partial charge in [0.1, 0.15) is 0 Å². The van der Waals surface area contributed by atoms with Crippen LogP contribution in [0, 0.1) is 6.92 Å². The van der Waals surface area contributed by atoms with Crippen molar-refractivity contribution in [2.24, 2.45) is 0 Å². The lowest BCUT2D eigenvalue weighted by Gasteiger charge is -2.31. The van der Waals surface area contributed by atoms with Gasteiger partial charge in [0.2, 0.25) is 0 Å². The highest BCUT2D eigenvalue weighted by Gasteiger charge is 2.33. The van der Waals surface area contributed by atoms with Gasteiger partial charge in [-0.25, -0.2) is 9.97 Å². The zero-order valence-electron chi connectivity index (χ0n) is 30.7. The number of aromatic amines is 3. The third kappa shape index (κ3) is 4.79. The van der Waals surface area contributed by atoms with E-state index in [1.54, 1.807) is 0 Å². The molecule has 5 aliphatic rings. The van der Waals surface area contributed by atoms with Gasteiger partial charge in [-0.15, -0.1) is 0 Å². The minimum Gasteiger partial charge on any atom is -0.355 e. The van der Waals surface area contributed by atoms with Crippen LogP contribution in [-0.4, -0.2) is 24.9 Å². The molecule has 3 N–H and O–H groups in total. The summed E-state index contributed by atoms with van der Waals surface area (Å²) < 4.78 is 0. The molecular formula is C44H51N5. The van der Waals surface area contributed by atoms with E-state index in [-0.39, 0.29) is 0 Å². The largest absolute Gasteiger partial charge is 0.355 e. The second kappa shape index (κ2) is 12.2. The molecule has 2 atom stereocenters. The normalized spacial score (nSPS) is 18.3. The first-order valence-electron chi connectivity index (χ1n) is 19.0. The summed E-state index contributed by atoms with van der Waals surface area (Å²) in [5, 5.41) is 0. The molecule has 2 unspecified atom stereocenters. The second-order valence-corrected chi connectivity index (χ2v) is 14.4. The predicted molar refractivity (Wildman–Crippen MR) is 209 cm³/mol. The third-order valence-corrected chi connectivity index (χ3v) is 12.0. The van der Waals surface area contributed by atoms with Crippen molar-refractivity contribution in [1.29, 1.82) is 0 Å². The Morgan fingerprint density at radius 3 is 1.71 bits per heavy atom. The molecule has 0 saturated carbocycles. The second-order valence-electron chi connectivity index (χ2n) is 14.4. The molecule has 0 aromatic carbocycles. The first kappa shape index (κ1) is 31.9. The predicted octanol–water partition coefficient (Wildman–Crippen LogP) is 12.0. The molecular weight excluding hydrogens is 599 g/mol. The first-order chi connectivity index (χ1) is 23.8. The van der Waals surface area contributed by atoms with E-state index in [0.717, 1.165) is 61.3 Å². The molecule has 5 nitrogen and oxygen atoms in total. The van der Waals surface area contributed by atoms with Crippen LogP contribution in [0.25, 0.3) is 55.4 Å². The van der Waals surface area contributed by atoms with Crippen LogP contribution >= 0.6 is 0 Å². The molecule has 0 spiro atoms. The number of aryl methyl sites for hydroxylation is 4. The third-order valence-electron chi connectivity index (χ3n) is 12.0. The summed E-state index contributed by atoms with van der Waals surface area (Å²) in [5.74, 6) is 0.900. The summed E-state index contributed by atoms with van der Waals surface area (Å²) in [5.41, 5.74) is 25.3. The molecule has 0 radical (unpaired) electrons. The SMILES string of the molecule is CCC1=C(C)c2cc3nc(c4[nH]c(cc5[nH]c(cc6[nH]c(cc1n2)c1c6C2C=CC1CC2)c(CC)c5C)c(CC)c4CC)C(CC)=C3CC. The lowest BCUT2D eigenvalue weighted by atomic mass is 9.72. The van der Waals surface area contributed by atoms with Crippen molar-refractivity contribution in [3.8, 4) is 0 Å². The van der Waals surface area contributed by atoms with Crippen molar-refractivity contribution in [2.75, 3.05) is 0 Å². The number of fused-ring (bicyclic) bond motifs is 12. The highest BCUT2D eigenvalue weighted by atomic mass is 14.8. The highest BCUT2D eigenvalue weighted by molar-refractivity contribution is 5.99. The standard InChI is InChI=1S/C44H51N5/c1-9-27-23(7)33-19-37-29(11-3)31(13-5)43(48-37)44-32(14-6)30(12-4)38(49-44)20-34-24(8)28(10-2)36(46-34)22-40-42-26-17-15-25(16-18-26)41(42)39(47-40)21-35(27)45-33/h15,17,19-22,25-26,45,47-48H,9-14,16,18H2,1-8H3. The Morgan fingerprint density at radius 2 is 1.10 bits per heavy atom. The van der Waals surface area contributed by atoms with Crippen LogP contribution in [0.4, 0.5) is 0 Å². The summed E-state index contributed by atoms with van der Waals surface area (Å²) in [6.45, 7) is 18.2. The minimum absolute atomic E-state index is 0.448. The van der Waals surface area contributed by atoms with Crippen LogP contribution in [0.3, 0.4) is 0 Å². The van der Waals surface area contributed by atoms with E-state index in [9.17, 15) is 0 Å². The summed E-state index contributed by atoms with van der Waals surface area (Å²) in [6.07, 6.45) is 13.1. The molecule has 6 heterocycles. The van der Waals surface area contributed by atoms with Gasteiger partial charge in [-0.2, -0.15) is 0 Å². The van der Waals surface area contributed by atoms with Crippen molar-refractivity contribution in [3.05, 3.63) is 92.6 Å². The fourth-order valence-electron chi connectivity index (χ4n) is 9.56. The van der Waals surface area contributed by atoms with Crippen molar-refractivity contribution >= 4 is 55.4 Å². The Labute approximate surface area is 290 Å². The van der Waals surface area contributed by atoms with Gasteiger partial charge < -0.3 is 15.0 Å². The molecule has 9 rings (SSSR count). The summed E-state index contributed by atoms with van der Waals surface area (Å²) in [6, 6.07) is 9.39. The van der Waals surface area contributed by atoms with E-state index in [4.69, 9.17) is 9.97 Å². The van der Waals surface area contributed by atoms with Gasteiger partial charge in [0, 0.05) is 39.4 Å². The Kier molecular flexibility index (Phi) is 7.93. The lowest BCUT2D eigenvalue weighted by Crippen LogP contribution is -2.15. The maximum atomic E-state index is 5.47. The number of nitrogens with zero attached hydrogens (tertiary/aromatic N) is 2. The number of allylic oxidation sites excluding steroid dienone is 6. The Bertz CT molecular complexity index is 2330. The molecule has 12 bridgehead atoms. The first-order valence-corrected chi connectivity index (χ1v) is 19.0. The summed E-state index contributed by atoms with van der Waals surface area (Å²) in [7, 11) is 0. The maximum Gasteiger partial charge on any atom is 0.0910 e. The fraction of sp³-hybridized carbons (Fsp3) is 0.409. The van der Waals surface area contributed by atoms with Crippen LogP contribution in [-0.2, 0) is 19.3 Å². The van der Waals surface area contributed by atoms with Gasteiger partial charge in [-0.05, 0) is 145 Å². The Hall–Kier alpha value is -4.38. The van der Waals surface area contributed by atoms with E-state index in [2.05, 4.69) is 107 Å². The number of aromatic nitrogens is 5. The average Bonchev–Trinajstić information content (AvgIpc) is 3.90. The van der Waals surface area contributed by atoms with Crippen LogP contribution < -0.4 is 0 Å². The number of hydrogen-bond donors (Lipinski definition) is 3. The minimum atomic E-state index is 0.448. The smallest absolute Gasteiger partial charge is 0.0910 e. The lowest BCUT2D eigenvalue weighted by molar-refractivity contribution is 0.562. The molecule has 2 aliphatic heterocycles. The molecule has 252 valence electrons. The van der Waals surface area contributed by atoms with Crippen LogP contribution in [0.1, 0.15) is 149 Å². The molecule has 4 aromatic rings. The molecule has 0 saturated heterocycles. The zero-order valence-corrected chi connectivity index (χ0v) is 30.7.